The lowest BCUT2D eigenvalue weighted by atomic mass is 10.1. The molecule has 5 nitrogen and oxygen atoms in total. The van der Waals surface area contributed by atoms with Gasteiger partial charge >= 0.3 is 5.97 Å². The third-order valence-corrected chi connectivity index (χ3v) is 4.92. The number of carboxylic acids is 1. The van der Waals surface area contributed by atoms with Gasteiger partial charge in [-0.25, -0.2) is 0 Å². The van der Waals surface area contributed by atoms with Gasteiger partial charge in [-0.2, -0.15) is 0 Å². The number of aryl methyl sites for hydroxylation is 2. The van der Waals surface area contributed by atoms with E-state index in [1.807, 2.05) is 56.4 Å². The van der Waals surface area contributed by atoms with Gasteiger partial charge in [-0.3, -0.25) is 9.59 Å². The van der Waals surface area contributed by atoms with Crippen LogP contribution in [-0.2, 0) is 11.2 Å². The summed E-state index contributed by atoms with van der Waals surface area (Å²) in [6.45, 7) is 1.94. The van der Waals surface area contributed by atoms with E-state index in [1.165, 1.54) is 0 Å². The molecule has 144 valence electrons. The number of nitrogens with one attached hydrogen (secondary N) is 1. The van der Waals surface area contributed by atoms with Gasteiger partial charge in [-0.1, -0.05) is 11.6 Å². The highest BCUT2D eigenvalue weighted by atomic mass is 35.5. The van der Waals surface area contributed by atoms with Crippen molar-refractivity contribution >= 4 is 29.5 Å². The molecule has 0 aliphatic heterocycles. The van der Waals surface area contributed by atoms with Crippen LogP contribution in [0.15, 0.2) is 48.5 Å². The molecule has 0 spiro atoms. The fraction of sp³-hybridized carbons (Fsp3) is 0.182. The molecule has 0 atom stereocenters. The maximum absolute atomic E-state index is 11.1. The molecule has 0 saturated heterocycles. The number of anilines is 1. The van der Waals surface area contributed by atoms with Crippen molar-refractivity contribution in [2.45, 2.75) is 19.8 Å². The number of halogens is 1. The summed E-state index contributed by atoms with van der Waals surface area (Å²) in [5.41, 5.74) is 6.07. The first-order valence-corrected chi connectivity index (χ1v) is 9.28. The van der Waals surface area contributed by atoms with Crippen LogP contribution >= 0.6 is 11.6 Å². The van der Waals surface area contributed by atoms with Crippen molar-refractivity contribution < 1.29 is 14.7 Å². The molecule has 3 rings (SSSR count). The van der Waals surface area contributed by atoms with Gasteiger partial charge in [-0.05, 0) is 67.4 Å². The molecule has 0 aliphatic rings. The molecule has 0 bridgehead atoms. The predicted octanol–water partition coefficient (Wildman–Crippen LogP) is 4.98. The van der Waals surface area contributed by atoms with Gasteiger partial charge in [0.1, 0.15) is 6.29 Å². The summed E-state index contributed by atoms with van der Waals surface area (Å²) >= 11 is 6.14. The largest absolute Gasteiger partial charge is 0.481 e. The summed E-state index contributed by atoms with van der Waals surface area (Å²) in [5, 5.41) is 12.9. The van der Waals surface area contributed by atoms with Crippen LogP contribution in [0.2, 0.25) is 5.02 Å². The Bertz CT molecular complexity index is 1040. The molecule has 2 aromatic carbocycles. The maximum atomic E-state index is 11.1. The smallest absolute Gasteiger partial charge is 0.303 e. The van der Waals surface area contributed by atoms with E-state index in [0.717, 1.165) is 40.2 Å². The van der Waals surface area contributed by atoms with E-state index in [4.69, 9.17) is 16.7 Å². The van der Waals surface area contributed by atoms with Crippen molar-refractivity contribution in [1.29, 1.82) is 0 Å². The second kappa shape index (κ2) is 8.31. The maximum Gasteiger partial charge on any atom is 0.303 e. The third kappa shape index (κ3) is 3.94. The van der Waals surface area contributed by atoms with E-state index in [-0.39, 0.29) is 6.42 Å². The molecule has 0 saturated carbocycles. The summed E-state index contributed by atoms with van der Waals surface area (Å²) in [7, 11) is 1.83. The van der Waals surface area contributed by atoms with Gasteiger partial charge in [0.05, 0.1) is 12.1 Å². The Kier molecular flexibility index (Phi) is 5.85. The van der Waals surface area contributed by atoms with Crippen molar-refractivity contribution in [3.8, 4) is 16.9 Å². The van der Waals surface area contributed by atoms with Crippen LogP contribution in [0.25, 0.3) is 16.9 Å². The minimum absolute atomic E-state index is 0.0361. The fourth-order valence-corrected chi connectivity index (χ4v) is 3.53. The van der Waals surface area contributed by atoms with Gasteiger partial charge in [0.25, 0.3) is 0 Å². The molecular formula is C22H21ClN2O3. The third-order valence-electron chi connectivity index (χ3n) is 4.68. The van der Waals surface area contributed by atoms with Crippen molar-refractivity contribution in [2.24, 2.45) is 0 Å². The van der Waals surface area contributed by atoms with Crippen LogP contribution in [0.4, 0.5) is 5.69 Å². The Balaban J connectivity index is 2.22. The number of rotatable bonds is 7. The molecule has 0 unspecified atom stereocenters. The summed E-state index contributed by atoms with van der Waals surface area (Å²) in [6.07, 6.45) is 1.25. The van der Waals surface area contributed by atoms with E-state index in [2.05, 4.69) is 9.88 Å². The number of hydrogen-bond donors (Lipinski definition) is 2. The Hall–Kier alpha value is -3.05. The van der Waals surface area contributed by atoms with Crippen LogP contribution in [0.1, 0.15) is 28.0 Å². The van der Waals surface area contributed by atoms with E-state index >= 15 is 0 Å². The van der Waals surface area contributed by atoms with E-state index < -0.39 is 5.97 Å². The van der Waals surface area contributed by atoms with Crippen molar-refractivity contribution in [2.75, 3.05) is 12.4 Å². The first kappa shape index (κ1) is 19.7. The normalized spacial score (nSPS) is 10.7. The van der Waals surface area contributed by atoms with Gasteiger partial charge in [-0.15, -0.1) is 0 Å². The number of benzene rings is 2. The van der Waals surface area contributed by atoms with Crippen molar-refractivity contribution in [3.05, 3.63) is 70.4 Å². The number of nitrogens with zero attached hydrogens (tertiary/aromatic N) is 1. The highest BCUT2D eigenvalue weighted by Crippen LogP contribution is 2.35. The first-order valence-electron chi connectivity index (χ1n) is 8.91. The number of hydrogen-bond acceptors (Lipinski definition) is 3. The van der Waals surface area contributed by atoms with Gasteiger partial charge in [0.15, 0.2) is 0 Å². The lowest BCUT2D eigenvalue weighted by Gasteiger charge is -2.18. The van der Waals surface area contributed by atoms with Crippen LogP contribution in [0, 0.1) is 6.92 Å². The highest BCUT2D eigenvalue weighted by molar-refractivity contribution is 6.31. The molecule has 0 radical (unpaired) electrons. The van der Waals surface area contributed by atoms with Crippen molar-refractivity contribution in [3.63, 3.8) is 0 Å². The minimum Gasteiger partial charge on any atom is -0.481 e. The number of aliphatic carboxylic acids is 1. The molecular weight excluding hydrogens is 376 g/mol. The topological polar surface area (TPSA) is 71.3 Å². The average Bonchev–Trinajstić information content (AvgIpc) is 3.09. The van der Waals surface area contributed by atoms with Gasteiger partial charge in [0.2, 0.25) is 0 Å². The predicted molar refractivity (Wildman–Crippen MR) is 112 cm³/mol. The molecule has 0 fully saturated rings. The molecule has 1 heterocycles. The Morgan fingerprint density at radius 1 is 1.18 bits per heavy atom. The number of carbonyl (C=O) groups is 2. The van der Waals surface area contributed by atoms with E-state index in [0.29, 0.717) is 17.0 Å². The molecule has 0 aliphatic carbocycles. The number of aldehydes is 1. The summed E-state index contributed by atoms with van der Waals surface area (Å²) in [6, 6.07) is 15.0. The summed E-state index contributed by atoms with van der Waals surface area (Å²) in [5.74, 6) is -0.843. The lowest BCUT2D eigenvalue weighted by Crippen LogP contribution is -2.07. The van der Waals surface area contributed by atoms with Crippen LogP contribution in [-0.4, -0.2) is 29.0 Å². The van der Waals surface area contributed by atoms with Gasteiger partial charge in [0, 0.05) is 40.3 Å². The molecule has 2 N–H and O–H groups in total. The SMILES string of the molecule is CNc1cc(Cl)ccc1-c1ccc(CCC(=O)O)n1-c1ccc(C=O)cc1C. The molecule has 28 heavy (non-hydrogen) atoms. The second-order valence-corrected chi connectivity index (χ2v) is 6.98. The van der Waals surface area contributed by atoms with E-state index in [1.54, 1.807) is 6.07 Å². The van der Waals surface area contributed by atoms with Gasteiger partial charge < -0.3 is 15.0 Å². The zero-order chi connectivity index (χ0) is 20.3. The van der Waals surface area contributed by atoms with Crippen LogP contribution < -0.4 is 5.32 Å². The lowest BCUT2D eigenvalue weighted by molar-refractivity contribution is -0.136. The number of aromatic nitrogens is 1. The standard InChI is InChI=1S/C22H21ClN2O3/c1-14-11-15(13-26)3-8-20(14)25-17(6-10-22(27)28)5-9-21(25)18-7-4-16(23)12-19(18)24-2/h3-5,7-9,11-13,24H,6,10H2,1-2H3,(H,27,28). The van der Waals surface area contributed by atoms with Crippen LogP contribution in [0.3, 0.4) is 0 Å². The minimum atomic E-state index is -0.843. The number of carboxylic acid groups (broad SMARTS) is 1. The molecule has 3 aromatic rings. The van der Waals surface area contributed by atoms with E-state index in [9.17, 15) is 9.59 Å². The fourth-order valence-electron chi connectivity index (χ4n) is 3.35. The summed E-state index contributed by atoms with van der Waals surface area (Å²) < 4.78 is 2.05. The van der Waals surface area contributed by atoms with Crippen LogP contribution in [0.5, 0.6) is 0 Å². The summed E-state index contributed by atoms with van der Waals surface area (Å²) in [4.78, 5) is 22.2. The highest BCUT2D eigenvalue weighted by Gasteiger charge is 2.17. The zero-order valence-corrected chi connectivity index (χ0v) is 16.5. The number of carbonyl (C=O) groups excluding carboxylic acids is 1. The Morgan fingerprint density at radius 3 is 2.61 bits per heavy atom. The quantitative estimate of drug-likeness (QED) is 0.552. The first-order chi connectivity index (χ1) is 13.4. The van der Waals surface area contributed by atoms with Crippen molar-refractivity contribution in [1.82, 2.24) is 4.57 Å². The monoisotopic (exact) mass is 396 g/mol. The molecule has 1 aromatic heterocycles. The molecule has 0 amide bonds. The zero-order valence-electron chi connectivity index (χ0n) is 15.7. The Labute approximate surface area is 168 Å². The second-order valence-electron chi connectivity index (χ2n) is 6.54. The average molecular weight is 397 g/mol. The molecule has 6 heteroatoms. The Morgan fingerprint density at radius 2 is 1.96 bits per heavy atom.